The molecule has 43 heavy (non-hydrogen) atoms. The molecule has 0 spiro atoms. The van der Waals surface area contributed by atoms with E-state index in [1.54, 1.807) is 28.9 Å². The standard InChI is InChI=1S/C29H35N9O5/c1-3-38-21(11-16(2)36-38)28(41)35-29-34-20-13-18(27(32)40)15-23-25(20)37(29)8-5-4-7-33-24-19(30)12-17(26(31)39)14-22(24)42-9-6-10-43-23/h4-5,11-15,28,33,41H,3,6-10,30H2,1-2H3,(H2,31,39)(H2,32,40)(H,34,35)/b5-4+. The maximum atomic E-state index is 12.2. The van der Waals surface area contributed by atoms with E-state index in [9.17, 15) is 14.7 Å². The molecule has 5 rings (SSSR count). The Morgan fingerprint density at radius 1 is 1.07 bits per heavy atom. The largest absolute Gasteiger partial charge is 0.491 e. The third kappa shape index (κ3) is 6.18. The number of amides is 2. The average Bonchev–Trinajstić information content (AvgIpc) is 3.52. The Kier molecular flexibility index (Phi) is 8.39. The molecule has 9 N–H and O–H groups in total. The summed E-state index contributed by atoms with van der Waals surface area (Å²) >= 11 is 0. The van der Waals surface area contributed by atoms with Crippen molar-refractivity contribution >= 4 is 40.2 Å². The molecule has 0 radical (unpaired) electrons. The van der Waals surface area contributed by atoms with Crippen molar-refractivity contribution in [2.45, 2.75) is 39.6 Å². The number of hydrogen-bond donors (Lipinski definition) is 6. The van der Waals surface area contributed by atoms with Gasteiger partial charge in [-0.2, -0.15) is 5.10 Å². The van der Waals surface area contributed by atoms with Crippen molar-refractivity contribution in [3.8, 4) is 11.5 Å². The molecule has 0 saturated carbocycles. The summed E-state index contributed by atoms with van der Waals surface area (Å²) in [7, 11) is 0. The highest BCUT2D eigenvalue weighted by Gasteiger charge is 2.22. The first-order chi connectivity index (χ1) is 20.7. The lowest BCUT2D eigenvalue weighted by molar-refractivity contribution is 0.0991. The molecule has 2 amide bonds. The van der Waals surface area contributed by atoms with Gasteiger partial charge in [0, 0.05) is 37.2 Å². The van der Waals surface area contributed by atoms with Crippen LogP contribution in [0.1, 0.15) is 51.7 Å². The van der Waals surface area contributed by atoms with Gasteiger partial charge in [-0.1, -0.05) is 12.2 Å². The second-order valence-corrected chi connectivity index (χ2v) is 10.0. The van der Waals surface area contributed by atoms with Crippen LogP contribution in [0.25, 0.3) is 11.0 Å². The lowest BCUT2D eigenvalue weighted by Gasteiger charge is -2.16. The second-order valence-electron chi connectivity index (χ2n) is 10.0. The Morgan fingerprint density at radius 3 is 2.49 bits per heavy atom. The van der Waals surface area contributed by atoms with E-state index in [0.29, 0.717) is 71.6 Å². The van der Waals surface area contributed by atoms with E-state index in [0.717, 1.165) is 5.69 Å². The molecule has 0 aliphatic carbocycles. The number of primary amides is 2. The van der Waals surface area contributed by atoms with Gasteiger partial charge in [-0.05, 0) is 44.2 Å². The molecule has 1 aliphatic heterocycles. The van der Waals surface area contributed by atoms with Gasteiger partial charge < -0.3 is 47.0 Å². The summed E-state index contributed by atoms with van der Waals surface area (Å²) < 4.78 is 15.7. The first-order valence-corrected chi connectivity index (χ1v) is 13.9. The van der Waals surface area contributed by atoms with Crippen LogP contribution in [0.15, 0.2) is 42.5 Å². The van der Waals surface area contributed by atoms with Gasteiger partial charge >= 0.3 is 0 Å². The van der Waals surface area contributed by atoms with Gasteiger partial charge in [-0.15, -0.1) is 0 Å². The lowest BCUT2D eigenvalue weighted by Crippen LogP contribution is -2.18. The van der Waals surface area contributed by atoms with Crippen molar-refractivity contribution in [3.05, 3.63) is 65.0 Å². The second kappa shape index (κ2) is 12.3. The number of aliphatic hydroxyl groups excluding tert-OH is 1. The number of carbonyl (C=O) groups excluding carboxylic acids is 2. The third-order valence-corrected chi connectivity index (χ3v) is 6.94. The minimum absolute atomic E-state index is 0.229. The van der Waals surface area contributed by atoms with E-state index in [1.807, 2.05) is 30.6 Å². The normalized spacial score (nSPS) is 15.1. The predicted molar refractivity (Wildman–Crippen MR) is 162 cm³/mol. The number of aryl methyl sites for hydroxylation is 2. The van der Waals surface area contributed by atoms with E-state index >= 15 is 0 Å². The first kappa shape index (κ1) is 29.3. The first-order valence-electron chi connectivity index (χ1n) is 13.9. The van der Waals surface area contributed by atoms with E-state index in [1.165, 1.54) is 6.07 Å². The summed E-state index contributed by atoms with van der Waals surface area (Å²) in [5, 5.41) is 21.9. The fourth-order valence-corrected chi connectivity index (χ4v) is 4.94. The van der Waals surface area contributed by atoms with Crippen molar-refractivity contribution in [2.24, 2.45) is 11.5 Å². The molecule has 14 heteroatoms. The van der Waals surface area contributed by atoms with Crippen LogP contribution >= 0.6 is 0 Å². The molecule has 0 saturated heterocycles. The van der Waals surface area contributed by atoms with Crippen LogP contribution in [-0.4, -0.2) is 56.0 Å². The van der Waals surface area contributed by atoms with Crippen molar-refractivity contribution < 1.29 is 24.2 Å². The molecule has 1 atom stereocenters. The van der Waals surface area contributed by atoms with Gasteiger partial charge in [0.25, 0.3) is 0 Å². The summed E-state index contributed by atoms with van der Waals surface area (Å²) in [5.74, 6) is -0.0902. The van der Waals surface area contributed by atoms with Crippen LogP contribution < -0.4 is 37.3 Å². The zero-order valence-corrected chi connectivity index (χ0v) is 24.0. The number of nitrogen functional groups attached to an aromatic ring is 1. The lowest BCUT2D eigenvalue weighted by atomic mass is 10.1. The number of rotatable bonds is 6. The average molecular weight is 590 g/mol. The number of nitrogens with zero attached hydrogens (tertiary/aromatic N) is 4. The van der Waals surface area contributed by atoms with Crippen LogP contribution in [0.5, 0.6) is 11.5 Å². The maximum Gasteiger partial charge on any atom is 0.248 e. The van der Waals surface area contributed by atoms with E-state index in [2.05, 4.69) is 15.7 Å². The highest BCUT2D eigenvalue weighted by atomic mass is 16.5. The van der Waals surface area contributed by atoms with E-state index in [-0.39, 0.29) is 24.3 Å². The number of carbonyl (C=O) groups is 2. The van der Waals surface area contributed by atoms with E-state index < -0.39 is 18.0 Å². The van der Waals surface area contributed by atoms with Crippen LogP contribution in [0.3, 0.4) is 0 Å². The van der Waals surface area contributed by atoms with Gasteiger partial charge in [0.2, 0.25) is 17.8 Å². The number of fused-ring (bicyclic) bond motifs is 1. The minimum atomic E-state index is -1.11. The smallest absolute Gasteiger partial charge is 0.248 e. The third-order valence-electron chi connectivity index (χ3n) is 6.94. The van der Waals surface area contributed by atoms with Crippen LogP contribution in [0, 0.1) is 6.92 Å². The Hall–Kier alpha value is -5.24. The summed E-state index contributed by atoms with van der Waals surface area (Å²) in [6.45, 7) is 5.58. The number of hydrogen-bond acceptors (Lipinski definition) is 10. The quantitative estimate of drug-likeness (QED) is 0.110. The van der Waals surface area contributed by atoms with Crippen LogP contribution in [0.4, 0.5) is 17.3 Å². The van der Waals surface area contributed by atoms with Crippen molar-refractivity contribution in [2.75, 3.05) is 36.1 Å². The molecule has 2 aromatic carbocycles. The van der Waals surface area contributed by atoms with Crippen molar-refractivity contribution in [1.82, 2.24) is 19.3 Å². The fraction of sp³-hybridized carbons (Fsp3) is 0.310. The SMILES string of the molecule is CCn1nc(C)cc1C(O)Nc1nc2cc(C(N)=O)cc3c2n1C/C=C/CNc1c(N)cc(C(N)=O)cc1OCCCO3. The van der Waals surface area contributed by atoms with Crippen LogP contribution in [0.2, 0.25) is 0 Å². The molecule has 3 heterocycles. The molecule has 226 valence electrons. The number of benzene rings is 2. The van der Waals surface area contributed by atoms with Gasteiger partial charge in [-0.25, -0.2) is 4.98 Å². The highest BCUT2D eigenvalue weighted by Crippen LogP contribution is 2.34. The van der Waals surface area contributed by atoms with E-state index in [4.69, 9.17) is 31.7 Å². The molecular formula is C29H35N9O5. The van der Waals surface area contributed by atoms with Gasteiger partial charge in [-0.3, -0.25) is 14.3 Å². The summed E-state index contributed by atoms with van der Waals surface area (Å²) in [6, 6.07) is 8.04. The Labute approximate surface area is 247 Å². The summed E-state index contributed by atoms with van der Waals surface area (Å²) in [6.07, 6.45) is 3.15. The monoisotopic (exact) mass is 589 g/mol. The highest BCUT2D eigenvalue weighted by molar-refractivity contribution is 5.99. The predicted octanol–water partition coefficient (Wildman–Crippen LogP) is 2.27. The van der Waals surface area contributed by atoms with Gasteiger partial charge in [0.15, 0.2) is 6.23 Å². The summed E-state index contributed by atoms with van der Waals surface area (Å²) in [4.78, 5) is 28.7. The Bertz CT molecular complexity index is 1710. The number of imidazole rings is 1. The number of anilines is 3. The Morgan fingerprint density at radius 2 is 1.77 bits per heavy atom. The minimum Gasteiger partial charge on any atom is -0.491 e. The fourth-order valence-electron chi connectivity index (χ4n) is 4.94. The van der Waals surface area contributed by atoms with Crippen molar-refractivity contribution in [1.29, 1.82) is 0 Å². The molecule has 2 aromatic heterocycles. The molecule has 0 bridgehead atoms. The molecule has 0 fully saturated rings. The molecule has 4 aromatic rings. The molecular weight excluding hydrogens is 554 g/mol. The van der Waals surface area contributed by atoms with Gasteiger partial charge in [0.05, 0.1) is 35.8 Å². The molecule has 14 nitrogen and oxygen atoms in total. The number of allylic oxidation sites excluding steroid dienone is 1. The topological polar surface area (TPSA) is 211 Å². The maximum absolute atomic E-state index is 12.2. The summed E-state index contributed by atoms with van der Waals surface area (Å²) in [5.41, 5.74) is 21.1. The zero-order valence-electron chi connectivity index (χ0n) is 24.0. The molecule has 1 aliphatic rings. The van der Waals surface area contributed by atoms with Crippen LogP contribution in [-0.2, 0) is 13.1 Å². The van der Waals surface area contributed by atoms with Gasteiger partial charge in [0.1, 0.15) is 22.7 Å². The molecule has 1 unspecified atom stereocenters. The number of ether oxygens (including phenoxy) is 2. The zero-order chi connectivity index (χ0) is 30.7. The number of nitrogens with one attached hydrogen (secondary N) is 2. The van der Waals surface area contributed by atoms with Crippen molar-refractivity contribution in [3.63, 3.8) is 0 Å². The Balaban J connectivity index is 1.53. The number of aromatic nitrogens is 4. The number of nitrogens with two attached hydrogens (primary N) is 3. The number of aliphatic hydroxyl groups is 1.